The van der Waals surface area contributed by atoms with Crippen LogP contribution in [0, 0.1) is 0 Å². The lowest BCUT2D eigenvalue weighted by atomic mass is 9.98. The van der Waals surface area contributed by atoms with E-state index in [9.17, 15) is 0 Å². The maximum absolute atomic E-state index is 4.70. The number of pyridine rings is 1. The van der Waals surface area contributed by atoms with Gasteiger partial charge >= 0.3 is 0 Å². The highest BCUT2D eigenvalue weighted by atomic mass is 15.5. The molecule has 4 aromatic heterocycles. The van der Waals surface area contributed by atoms with Crippen LogP contribution in [0.5, 0.6) is 0 Å². The number of fused-ring (bicyclic) bond motifs is 2. The van der Waals surface area contributed by atoms with Gasteiger partial charge in [-0.2, -0.15) is 5.10 Å². The van der Waals surface area contributed by atoms with Crippen molar-refractivity contribution in [2.24, 2.45) is 0 Å². The zero-order chi connectivity index (χ0) is 27.3. The number of likely N-dealkylation sites (tertiary alicyclic amines) is 1. The van der Waals surface area contributed by atoms with E-state index in [1.54, 1.807) is 12.5 Å². The molecule has 0 amide bonds. The molecular weight excluding hydrogens is 500 g/mol. The predicted molar refractivity (Wildman–Crippen MR) is 155 cm³/mol. The van der Waals surface area contributed by atoms with Crippen LogP contribution in [0.2, 0.25) is 0 Å². The lowest BCUT2D eigenvalue weighted by molar-refractivity contribution is 0.0148. The zero-order valence-electron chi connectivity index (χ0n) is 22.7. The highest BCUT2D eigenvalue weighted by Gasteiger charge is 2.36. The average Bonchev–Trinajstić information content (AvgIpc) is 3.54. The molecule has 0 aliphatic carbocycles. The molecule has 7 rings (SSSR count). The van der Waals surface area contributed by atoms with E-state index in [-0.39, 0.29) is 5.54 Å². The molecule has 1 aliphatic heterocycles. The lowest BCUT2D eigenvalue weighted by Gasteiger charge is -2.47. The number of hydrogen-bond donors (Lipinski definition) is 1. The van der Waals surface area contributed by atoms with Crippen LogP contribution >= 0.6 is 0 Å². The van der Waals surface area contributed by atoms with Crippen LogP contribution in [-0.2, 0) is 6.54 Å². The Morgan fingerprint density at radius 2 is 1.80 bits per heavy atom. The van der Waals surface area contributed by atoms with E-state index in [1.807, 2.05) is 64.2 Å². The van der Waals surface area contributed by atoms with E-state index in [1.165, 1.54) is 0 Å². The van der Waals surface area contributed by atoms with Gasteiger partial charge in [0.2, 0.25) is 0 Å². The SMILES string of the molecule is CC(C)(C)N1CC(n2cc(-c3ccc4ncnc(Nc5ccc6nn(Cc7ccccn7)cc6c5)c4c3)nn2)C1. The molecule has 1 saturated heterocycles. The summed E-state index contributed by atoms with van der Waals surface area (Å²) in [7, 11) is 0. The second-order valence-corrected chi connectivity index (χ2v) is 11.3. The van der Waals surface area contributed by atoms with Crippen LogP contribution in [0.15, 0.2) is 79.5 Å². The molecule has 0 radical (unpaired) electrons. The summed E-state index contributed by atoms with van der Waals surface area (Å²) in [6.45, 7) is 9.32. The van der Waals surface area contributed by atoms with Crippen LogP contribution in [0.3, 0.4) is 0 Å². The first-order valence-electron chi connectivity index (χ1n) is 13.5. The topological polar surface area (TPSA) is 102 Å². The maximum Gasteiger partial charge on any atom is 0.141 e. The van der Waals surface area contributed by atoms with Crippen molar-refractivity contribution < 1.29 is 0 Å². The Balaban J connectivity index is 1.13. The fraction of sp³-hybridized carbons (Fsp3) is 0.267. The lowest BCUT2D eigenvalue weighted by Crippen LogP contribution is -2.56. The van der Waals surface area contributed by atoms with Crippen molar-refractivity contribution in [3.05, 3.63) is 85.2 Å². The molecule has 0 spiro atoms. The molecule has 6 aromatic rings. The van der Waals surface area contributed by atoms with Gasteiger partial charge < -0.3 is 5.32 Å². The number of hydrogen-bond acceptors (Lipinski definition) is 8. The summed E-state index contributed by atoms with van der Waals surface area (Å²) in [5.41, 5.74) is 5.68. The first kappa shape index (κ1) is 24.3. The molecule has 0 atom stereocenters. The second kappa shape index (κ2) is 9.49. The number of nitrogens with zero attached hydrogens (tertiary/aromatic N) is 9. The molecular formula is C30H30N10. The van der Waals surface area contributed by atoms with E-state index < -0.39 is 0 Å². The molecule has 10 heteroatoms. The predicted octanol–water partition coefficient (Wildman–Crippen LogP) is 5.08. The number of rotatable bonds is 6. The van der Waals surface area contributed by atoms with Gasteiger partial charge in [0.1, 0.15) is 17.8 Å². The average molecular weight is 531 g/mol. The molecule has 1 N–H and O–H groups in total. The van der Waals surface area contributed by atoms with Gasteiger partial charge in [-0.05, 0) is 63.2 Å². The molecule has 5 heterocycles. The smallest absolute Gasteiger partial charge is 0.141 e. The van der Waals surface area contributed by atoms with Gasteiger partial charge in [-0.15, -0.1) is 5.10 Å². The minimum Gasteiger partial charge on any atom is -0.340 e. The van der Waals surface area contributed by atoms with Crippen LogP contribution < -0.4 is 5.32 Å². The molecule has 0 saturated carbocycles. The monoisotopic (exact) mass is 530 g/mol. The zero-order valence-corrected chi connectivity index (χ0v) is 22.7. The number of nitrogens with one attached hydrogen (secondary N) is 1. The summed E-state index contributed by atoms with van der Waals surface area (Å²) in [4.78, 5) is 15.9. The summed E-state index contributed by atoms with van der Waals surface area (Å²) >= 11 is 0. The molecule has 1 aliphatic rings. The van der Waals surface area contributed by atoms with Crippen LogP contribution in [-0.4, -0.2) is 63.3 Å². The molecule has 40 heavy (non-hydrogen) atoms. The highest BCUT2D eigenvalue weighted by Crippen LogP contribution is 2.31. The van der Waals surface area contributed by atoms with Gasteiger partial charge in [0, 0.05) is 53.0 Å². The number of aromatic nitrogens is 8. The van der Waals surface area contributed by atoms with Crippen molar-refractivity contribution in [3.8, 4) is 11.3 Å². The summed E-state index contributed by atoms with van der Waals surface area (Å²) < 4.78 is 3.91. The largest absolute Gasteiger partial charge is 0.340 e. The Morgan fingerprint density at radius 3 is 2.62 bits per heavy atom. The first-order chi connectivity index (χ1) is 19.4. The van der Waals surface area contributed by atoms with Crippen molar-refractivity contribution in [2.45, 2.75) is 38.9 Å². The number of benzene rings is 2. The van der Waals surface area contributed by atoms with E-state index in [0.717, 1.165) is 63.4 Å². The third-order valence-corrected chi connectivity index (χ3v) is 7.49. The fourth-order valence-corrected chi connectivity index (χ4v) is 5.10. The van der Waals surface area contributed by atoms with E-state index in [2.05, 4.69) is 68.4 Å². The van der Waals surface area contributed by atoms with E-state index >= 15 is 0 Å². The third kappa shape index (κ3) is 4.66. The standard InChI is InChI=1S/C30H30N10/c1-30(2,3)38-16-24(17-38)40-18-28(35-37-40)20-7-9-27-25(13-20)29(33-19-32-27)34-22-8-10-26-21(12-22)14-39(36-26)15-23-6-4-5-11-31-23/h4-14,18-19,24H,15-17H2,1-3H3,(H,32,33,34). The summed E-state index contributed by atoms with van der Waals surface area (Å²) in [5, 5.41) is 19.1. The van der Waals surface area contributed by atoms with Crippen molar-refractivity contribution in [2.75, 3.05) is 18.4 Å². The van der Waals surface area contributed by atoms with Gasteiger partial charge in [0.15, 0.2) is 0 Å². The maximum atomic E-state index is 4.70. The molecule has 0 unspecified atom stereocenters. The Hall–Kier alpha value is -4.70. The van der Waals surface area contributed by atoms with Crippen LogP contribution in [0.4, 0.5) is 11.5 Å². The summed E-state index contributed by atoms with van der Waals surface area (Å²) in [5.74, 6) is 0.735. The highest BCUT2D eigenvalue weighted by molar-refractivity contribution is 5.94. The van der Waals surface area contributed by atoms with Gasteiger partial charge in [-0.3, -0.25) is 14.6 Å². The van der Waals surface area contributed by atoms with Crippen molar-refractivity contribution >= 4 is 33.3 Å². The molecule has 200 valence electrons. The van der Waals surface area contributed by atoms with Crippen molar-refractivity contribution in [1.82, 2.24) is 44.6 Å². The van der Waals surface area contributed by atoms with Gasteiger partial charge in [-0.25, -0.2) is 14.6 Å². The van der Waals surface area contributed by atoms with Gasteiger partial charge in [0.25, 0.3) is 0 Å². The Morgan fingerprint density at radius 1 is 0.925 bits per heavy atom. The second-order valence-electron chi connectivity index (χ2n) is 11.3. The quantitative estimate of drug-likeness (QED) is 0.318. The van der Waals surface area contributed by atoms with Gasteiger partial charge in [0.05, 0.1) is 35.5 Å². The first-order valence-corrected chi connectivity index (χ1v) is 13.5. The van der Waals surface area contributed by atoms with Crippen molar-refractivity contribution in [3.63, 3.8) is 0 Å². The third-order valence-electron chi connectivity index (χ3n) is 7.49. The minimum atomic E-state index is 0.173. The molecule has 0 bridgehead atoms. The van der Waals surface area contributed by atoms with E-state index in [0.29, 0.717) is 12.6 Å². The number of anilines is 2. The Bertz CT molecular complexity index is 1810. The summed E-state index contributed by atoms with van der Waals surface area (Å²) in [6.07, 6.45) is 7.47. The van der Waals surface area contributed by atoms with E-state index in [4.69, 9.17) is 5.10 Å². The molecule has 2 aromatic carbocycles. The van der Waals surface area contributed by atoms with Crippen molar-refractivity contribution in [1.29, 1.82) is 0 Å². The molecule has 10 nitrogen and oxygen atoms in total. The fourth-order valence-electron chi connectivity index (χ4n) is 5.10. The molecule has 1 fully saturated rings. The Kier molecular flexibility index (Phi) is 5.78. The van der Waals surface area contributed by atoms with Crippen LogP contribution in [0.25, 0.3) is 33.1 Å². The summed E-state index contributed by atoms with van der Waals surface area (Å²) in [6, 6.07) is 18.5. The van der Waals surface area contributed by atoms with Crippen LogP contribution in [0.1, 0.15) is 32.5 Å². The Labute approximate surface area is 231 Å². The van der Waals surface area contributed by atoms with Gasteiger partial charge in [-0.1, -0.05) is 17.3 Å². The normalized spacial score (nSPS) is 14.6. The minimum absolute atomic E-state index is 0.173.